The molecule has 2 heteroatoms. The first-order chi connectivity index (χ1) is 2.91. The molecule has 0 saturated heterocycles. The summed E-state index contributed by atoms with van der Waals surface area (Å²) in [5.74, 6) is 0. The second-order valence-corrected chi connectivity index (χ2v) is 2.03. The third-order valence-electron chi connectivity index (χ3n) is 0.422. The summed E-state index contributed by atoms with van der Waals surface area (Å²) in [5, 5.41) is 0. The molecule has 0 fully saturated rings. The summed E-state index contributed by atoms with van der Waals surface area (Å²) >= 11 is 2.30. The van der Waals surface area contributed by atoms with Gasteiger partial charge in [0.25, 0.3) is 0 Å². The topological polar surface area (TPSA) is 9.23 Å². The maximum absolute atomic E-state index is 4.53. The lowest BCUT2D eigenvalue weighted by Gasteiger charge is -1.88. The molecule has 0 aliphatic heterocycles. The van der Waals surface area contributed by atoms with Crippen molar-refractivity contribution in [3.63, 3.8) is 0 Å². The van der Waals surface area contributed by atoms with Crippen molar-refractivity contribution < 1.29 is 4.74 Å². The minimum Gasteiger partial charge on any atom is -0.379 e. The number of ether oxygens (including phenoxy) is 1. The number of alkyl halides is 1. The predicted molar refractivity (Wildman–Crippen MR) is 34.8 cm³/mol. The van der Waals surface area contributed by atoms with Crippen molar-refractivity contribution in [2.24, 2.45) is 0 Å². The second kappa shape index (κ2) is 5.69. The van der Waals surface area contributed by atoms with Crippen LogP contribution in [0.15, 0.2) is 0 Å². The predicted octanol–water partition coefficient (Wildman–Crippen LogP) is 1.62. The molecule has 0 aliphatic rings. The van der Waals surface area contributed by atoms with E-state index in [0.717, 1.165) is 17.5 Å². The van der Waals surface area contributed by atoms with Gasteiger partial charge in [-0.2, -0.15) is 0 Å². The molecule has 0 spiro atoms. The fourth-order valence-electron chi connectivity index (χ4n) is 0.157. The van der Waals surface area contributed by atoms with Gasteiger partial charge in [-0.1, -0.05) is 22.6 Å². The van der Waals surface area contributed by atoms with Gasteiger partial charge in [0.2, 0.25) is 0 Å². The normalized spacial score (nSPS) is 9.00. The van der Waals surface area contributed by atoms with E-state index < -0.39 is 0 Å². The molecule has 6 heavy (non-hydrogen) atoms. The summed E-state index contributed by atoms with van der Waals surface area (Å²) in [6.07, 6.45) is 1.12. The van der Waals surface area contributed by atoms with Gasteiger partial charge in [-0.3, -0.25) is 0 Å². The molecule has 0 bridgehead atoms. The summed E-state index contributed by atoms with van der Waals surface area (Å²) in [5.41, 5.74) is 0. The van der Waals surface area contributed by atoms with Crippen molar-refractivity contribution in [2.75, 3.05) is 11.0 Å². The van der Waals surface area contributed by atoms with Crippen LogP contribution in [0.25, 0.3) is 0 Å². The van der Waals surface area contributed by atoms with Crippen LogP contribution in [0, 0.1) is 7.11 Å². The van der Waals surface area contributed by atoms with Crippen molar-refractivity contribution in [3.05, 3.63) is 7.11 Å². The van der Waals surface area contributed by atoms with E-state index in [0.29, 0.717) is 0 Å². The van der Waals surface area contributed by atoms with Crippen LogP contribution in [0.4, 0.5) is 0 Å². The van der Waals surface area contributed by atoms with Gasteiger partial charge in [0.1, 0.15) is 0 Å². The largest absolute Gasteiger partial charge is 0.379 e. The van der Waals surface area contributed by atoms with E-state index in [1.807, 2.05) is 0 Å². The molecule has 0 rings (SSSR count). The van der Waals surface area contributed by atoms with Crippen LogP contribution in [0.1, 0.15) is 6.42 Å². The Hall–Kier alpha value is 0.690. The molecule has 0 unspecified atom stereocenters. The Kier molecular flexibility index (Phi) is 6.34. The van der Waals surface area contributed by atoms with Crippen LogP contribution in [0.3, 0.4) is 0 Å². The molecule has 0 atom stereocenters. The number of halogens is 1. The molecular weight excluding hydrogens is 191 g/mol. The Morgan fingerprint density at radius 3 is 2.50 bits per heavy atom. The van der Waals surface area contributed by atoms with E-state index >= 15 is 0 Å². The summed E-state index contributed by atoms with van der Waals surface area (Å²) in [6, 6.07) is 0. The maximum Gasteiger partial charge on any atom is 0.0700 e. The van der Waals surface area contributed by atoms with E-state index in [4.69, 9.17) is 0 Å². The van der Waals surface area contributed by atoms with E-state index in [-0.39, 0.29) is 0 Å². The first kappa shape index (κ1) is 6.69. The van der Waals surface area contributed by atoms with Crippen molar-refractivity contribution in [3.8, 4) is 0 Å². The number of hydrogen-bond donors (Lipinski definition) is 0. The Bertz CT molecular complexity index is 19.5. The van der Waals surface area contributed by atoms with E-state index in [1.165, 1.54) is 0 Å². The lowest BCUT2D eigenvalue weighted by Crippen LogP contribution is -1.84. The lowest BCUT2D eigenvalue weighted by atomic mass is 10.5. The summed E-state index contributed by atoms with van der Waals surface area (Å²) in [4.78, 5) is 0. The van der Waals surface area contributed by atoms with Crippen LogP contribution < -0.4 is 0 Å². The van der Waals surface area contributed by atoms with Gasteiger partial charge in [-0.25, -0.2) is 0 Å². The molecule has 0 saturated carbocycles. The van der Waals surface area contributed by atoms with Gasteiger partial charge < -0.3 is 4.74 Å². The molecular formula is C4H8IO. The van der Waals surface area contributed by atoms with Crippen LogP contribution in [0.5, 0.6) is 0 Å². The third kappa shape index (κ3) is 4.69. The van der Waals surface area contributed by atoms with Crippen molar-refractivity contribution >= 4 is 22.6 Å². The Balaban J connectivity index is 2.34. The highest BCUT2D eigenvalue weighted by Gasteiger charge is 1.76. The SMILES string of the molecule is [CH2]OCCCI. The highest BCUT2D eigenvalue weighted by molar-refractivity contribution is 14.1. The molecule has 0 aliphatic carbocycles. The molecule has 0 aromatic carbocycles. The average Bonchev–Trinajstić information content (AvgIpc) is 1.61. The maximum atomic E-state index is 4.53. The van der Waals surface area contributed by atoms with Crippen LogP contribution >= 0.6 is 22.6 Å². The smallest absolute Gasteiger partial charge is 0.0700 e. The molecule has 0 aromatic heterocycles. The van der Waals surface area contributed by atoms with Crippen molar-refractivity contribution in [1.82, 2.24) is 0 Å². The van der Waals surface area contributed by atoms with Gasteiger partial charge in [0.05, 0.1) is 7.11 Å². The molecule has 37 valence electrons. The standard InChI is InChI=1S/C4H8IO/c1-6-4-2-3-5/h1-4H2. The Morgan fingerprint density at radius 1 is 1.67 bits per heavy atom. The summed E-state index contributed by atoms with van der Waals surface area (Å²) in [7, 11) is 3.22. The first-order valence-electron chi connectivity index (χ1n) is 1.84. The molecule has 0 aromatic rings. The van der Waals surface area contributed by atoms with Crippen LogP contribution in [-0.4, -0.2) is 11.0 Å². The minimum absolute atomic E-state index is 0.795. The molecule has 1 radical (unpaired) electrons. The Labute approximate surface area is 52.2 Å². The van der Waals surface area contributed by atoms with Crippen LogP contribution in [-0.2, 0) is 4.74 Å². The fraction of sp³-hybridized carbons (Fsp3) is 0.750. The average molecular weight is 199 g/mol. The highest BCUT2D eigenvalue weighted by atomic mass is 127. The highest BCUT2D eigenvalue weighted by Crippen LogP contribution is 1.86. The van der Waals surface area contributed by atoms with E-state index in [9.17, 15) is 0 Å². The molecule has 1 nitrogen and oxygen atoms in total. The van der Waals surface area contributed by atoms with Gasteiger partial charge in [-0.15, -0.1) is 0 Å². The zero-order chi connectivity index (χ0) is 4.83. The molecule has 0 amide bonds. The van der Waals surface area contributed by atoms with Gasteiger partial charge in [-0.05, 0) is 6.42 Å². The van der Waals surface area contributed by atoms with Crippen LogP contribution in [0.2, 0.25) is 0 Å². The zero-order valence-electron chi connectivity index (χ0n) is 3.61. The third-order valence-corrected chi connectivity index (χ3v) is 1.19. The fourth-order valence-corrected chi connectivity index (χ4v) is 0.468. The number of rotatable bonds is 3. The zero-order valence-corrected chi connectivity index (χ0v) is 5.77. The molecule has 0 N–H and O–H groups in total. The van der Waals surface area contributed by atoms with E-state index in [1.54, 1.807) is 0 Å². The van der Waals surface area contributed by atoms with Gasteiger partial charge in [0.15, 0.2) is 0 Å². The lowest BCUT2D eigenvalue weighted by molar-refractivity contribution is 0.244. The van der Waals surface area contributed by atoms with Gasteiger partial charge in [0, 0.05) is 11.0 Å². The monoisotopic (exact) mass is 199 g/mol. The summed E-state index contributed by atoms with van der Waals surface area (Å²) in [6.45, 7) is 0.795. The summed E-state index contributed by atoms with van der Waals surface area (Å²) < 4.78 is 5.69. The number of hydrogen-bond acceptors (Lipinski definition) is 1. The van der Waals surface area contributed by atoms with Gasteiger partial charge >= 0.3 is 0 Å². The molecule has 0 heterocycles. The second-order valence-electron chi connectivity index (χ2n) is 0.951. The quantitative estimate of drug-likeness (QED) is 0.381. The van der Waals surface area contributed by atoms with Crippen molar-refractivity contribution in [2.45, 2.75) is 6.42 Å². The van der Waals surface area contributed by atoms with E-state index in [2.05, 4.69) is 34.4 Å². The Morgan fingerprint density at radius 2 is 2.33 bits per heavy atom. The minimum atomic E-state index is 0.795. The first-order valence-corrected chi connectivity index (χ1v) is 3.37. The van der Waals surface area contributed by atoms with Crippen molar-refractivity contribution in [1.29, 1.82) is 0 Å².